The third-order valence-electron chi connectivity index (χ3n) is 3.01. The van der Waals surface area contributed by atoms with E-state index < -0.39 is 0 Å². The van der Waals surface area contributed by atoms with Crippen LogP contribution in [0.3, 0.4) is 0 Å². The minimum Gasteiger partial charge on any atom is -0.496 e. The van der Waals surface area contributed by atoms with E-state index in [0.29, 0.717) is 5.92 Å². The first-order valence-corrected chi connectivity index (χ1v) is 4.75. The van der Waals surface area contributed by atoms with Crippen LogP contribution in [0, 0.1) is 16.7 Å². The molecule has 0 bridgehead atoms. The molecule has 0 heterocycles. The van der Waals surface area contributed by atoms with Gasteiger partial charge in [0.25, 0.3) is 0 Å². The second kappa shape index (κ2) is 3.02. The predicted octanol–water partition coefficient (Wildman–Crippen LogP) is 2.71. The van der Waals surface area contributed by atoms with Gasteiger partial charge in [0.2, 0.25) is 0 Å². The Hall–Kier alpha value is -1.49. The fraction of sp³-hybridized carbons (Fsp3) is 0.417. The number of nitriles is 1. The maximum atomic E-state index is 8.97. The van der Waals surface area contributed by atoms with Gasteiger partial charge in [-0.25, -0.2) is 0 Å². The molecule has 1 saturated carbocycles. The van der Waals surface area contributed by atoms with Crippen LogP contribution in [0.15, 0.2) is 24.3 Å². The van der Waals surface area contributed by atoms with Crippen molar-refractivity contribution in [2.24, 2.45) is 5.41 Å². The molecule has 0 amide bonds. The second-order valence-corrected chi connectivity index (χ2v) is 4.03. The average Bonchev–Trinajstić information content (AvgIpc) is 2.91. The zero-order valence-electron chi connectivity index (χ0n) is 8.45. The van der Waals surface area contributed by atoms with Crippen LogP contribution in [0.25, 0.3) is 0 Å². The van der Waals surface area contributed by atoms with Gasteiger partial charge in [-0.05, 0) is 25.0 Å². The molecule has 2 atom stereocenters. The zero-order chi connectivity index (χ0) is 10.2. The summed E-state index contributed by atoms with van der Waals surface area (Å²) in [4.78, 5) is 0. The standard InChI is InChI=1S/C12H13NO/c1-12(8-13)7-10(12)9-5-3-4-6-11(9)14-2/h3-6,10H,7H2,1-2H3. The summed E-state index contributed by atoms with van der Waals surface area (Å²) in [6.07, 6.45) is 0.948. The minimum atomic E-state index is -0.172. The Labute approximate surface area is 84.1 Å². The summed E-state index contributed by atoms with van der Waals surface area (Å²) in [7, 11) is 1.67. The van der Waals surface area contributed by atoms with Crippen molar-refractivity contribution in [2.75, 3.05) is 7.11 Å². The molecule has 1 aromatic rings. The lowest BCUT2D eigenvalue weighted by molar-refractivity contribution is 0.408. The van der Waals surface area contributed by atoms with E-state index in [9.17, 15) is 0 Å². The lowest BCUT2D eigenvalue weighted by Crippen LogP contribution is -1.95. The first-order valence-electron chi connectivity index (χ1n) is 4.75. The van der Waals surface area contributed by atoms with Crippen LogP contribution in [0.5, 0.6) is 5.75 Å². The van der Waals surface area contributed by atoms with Gasteiger partial charge in [0.15, 0.2) is 0 Å². The summed E-state index contributed by atoms with van der Waals surface area (Å²) in [5, 5.41) is 8.97. The summed E-state index contributed by atoms with van der Waals surface area (Å²) < 4.78 is 5.28. The smallest absolute Gasteiger partial charge is 0.122 e. The Balaban J connectivity index is 2.32. The molecule has 2 nitrogen and oxygen atoms in total. The van der Waals surface area contributed by atoms with Gasteiger partial charge in [-0.15, -0.1) is 0 Å². The number of nitrogens with zero attached hydrogens (tertiary/aromatic N) is 1. The summed E-state index contributed by atoms with van der Waals surface area (Å²) in [6, 6.07) is 10.3. The highest BCUT2D eigenvalue weighted by Gasteiger charge is 2.52. The van der Waals surface area contributed by atoms with Gasteiger partial charge in [-0.2, -0.15) is 5.26 Å². The maximum absolute atomic E-state index is 8.97. The minimum absolute atomic E-state index is 0.172. The largest absolute Gasteiger partial charge is 0.496 e. The topological polar surface area (TPSA) is 33.0 Å². The molecule has 1 aliphatic rings. The van der Waals surface area contributed by atoms with E-state index in [1.807, 2.05) is 31.2 Å². The van der Waals surface area contributed by atoms with Crippen molar-refractivity contribution in [1.29, 1.82) is 5.26 Å². The van der Waals surface area contributed by atoms with E-state index in [-0.39, 0.29) is 5.41 Å². The molecule has 72 valence electrons. The van der Waals surface area contributed by atoms with Crippen molar-refractivity contribution >= 4 is 0 Å². The van der Waals surface area contributed by atoms with Gasteiger partial charge < -0.3 is 4.74 Å². The van der Waals surface area contributed by atoms with Gasteiger partial charge in [-0.1, -0.05) is 18.2 Å². The zero-order valence-corrected chi connectivity index (χ0v) is 8.45. The highest BCUT2D eigenvalue weighted by molar-refractivity contribution is 5.43. The van der Waals surface area contributed by atoms with E-state index in [2.05, 4.69) is 6.07 Å². The number of methoxy groups -OCH3 is 1. The molecule has 0 aromatic heterocycles. The molecule has 1 aliphatic carbocycles. The van der Waals surface area contributed by atoms with Crippen LogP contribution < -0.4 is 4.74 Å². The fourth-order valence-electron chi connectivity index (χ4n) is 1.90. The molecule has 0 N–H and O–H groups in total. The van der Waals surface area contributed by atoms with E-state index in [4.69, 9.17) is 10.00 Å². The van der Waals surface area contributed by atoms with E-state index >= 15 is 0 Å². The third kappa shape index (κ3) is 1.26. The van der Waals surface area contributed by atoms with Gasteiger partial charge in [0.1, 0.15) is 5.75 Å². The van der Waals surface area contributed by atoms with Crippen LogP contribution in [0.2, 0.25) is 0 Å². The van der Waals surface area contributed by atoms with Gasteiger partial charge in [0, 0.05) is 5.92 Å². The number of hydrogen-bond donors (Lipinski definition) is 0. The van der Waals surface area contributed by atoms with Crippen LogP contribution in [-0.4, -0.2) is 7.11 Å². The Morgan fingerprint density at radius 3 is 2.79 bits per heavy atom. The van der Waals surface area contributed by atoms with Gasteiger partial charge in [0.05, 0.1) is 18.6 Å². The molecule has 2 unspecified atom stereocenters. The van der Waals surface area contributed by atoms with E-state index in [0.717, 1.165) is 12.2 Å². The van der Waals surface area contributed by atoms with Crippen molar-refractivity contribution in [3.63, 3.8) is 0 Å². The molecule has 14 heavy (non-hydrogen) atoms. The van der Waals surface area contributed by atoms with Crippen molar-refractivity contribution in [3.8, 4) is 11.8 Å². The second-order valence-electron chi connectivity index (χ2n) is 4.03. The normalized spacial score (nSPS) is 29.4. The van der Waals surface area contributed by atoms with Crippen LogP contribution >= 0.6 is 0 Å². The van der Waals surface area contributed by atoms with E-state index in [1.165, 1.54) is 5.56 Å². The fourth-order valence-corrected chi connectivity index (χ4v) is 1.90. The molecule has 2 heteroatoms. The van der Waals surface area contributed by atoms with Crippen LogP contribution in [0.4, 0.5) is 0 Å². The Bertz CT molecular complexity index is 394. The molecule has 0 aliphatic heterocycles. The van der Waals surface area contributed by atoms with Gasteiger partial charge in [-0.3, -0.25) is 0 Å². The molecule has 2 rings (SSSR count). The van der Waals surface area contributed by atoms with Crippen LogP contribution in [0.1, 0.15) is 24.8 Å². The summed E-state index contributed by atoms with van der Waals surface area (Å²) in [6.45, 7) is 2.00. The number of ether oxygens (including phenoxy) is 1. The van der Waals surface area contributed by atoms with E-state index in [1.54, 1.807) is 7.11 Å². The summed E-state index contributed by atoms with van der Waals surface area (Å²) in [5.74, 6) is 1.25. The highest BCUT2D eigenvalue weighted by Crippen LogP contribution is 2.60. The number of para-hydroxylation sites is 1. The molecule has 0 radical (unpaired) electrons. The lowest BCUT2D eigenvalue weighted by atomic mass is 10.0. The highest BCUT2D eigenvalue weighted by atomic mass is 16.5. The first-order chi connectivity index (χ1) is 6.71. The number of hydrogen-bond acceptors (Lipinski definition) is 2. The quantitative estimate of drug-likeness (QED) is 0.713. The van der Waals surface area contributed by atoms with Crippen molar-refractivity contribution in [2.45, 2.75) is 19.3 Å². The molecular formula is C12H13NO. The predicted molar refractivity (Wildman–Crippen MR) is 54.1 cm³/mol. The molecule has 1 aromatic carbocycles. The van der Waals surface area contributed by atoms with Crippen molar-refractivity contribution in [1.82, 2.24) is 0 Å². The number of benzene rings is 1. The molecule has 0 saturated heterocycles. The summed E-state index contributed by atoms with van der Waals surface area (Å²) in [5.41, 5.74) is 0.994. The summed E-state index contributed by atoms with van der Waals surface area (Å²) >= 11 is 0. The lowest BCUT2D eigenvalue weighted by Gasteiger charge is -2.07. The Morgan fingerprint density at radius 1 is 1.50 bits per heavy atom. The maximum Gasteiger partial charge on any atom is 0.122 e. The Kier molecular flexibility index (Phi) is 1.96. The van der Waals surface area contributed by atoms with Crippen molar-refractivity contribution < 1.29 is 4.74 Å². The Morgan fingerprint density at radius 2 is 2.21 bits per heavy atom. The number of rotatable bonds is 2. The first kappa shape index (κ1) is 9.08. The average molecular weight is 187 g/mol. The monoisotopic (exact) mass is 187 g/mol. The third-order valence-corrected chi connectivity index (χ3v) is 3.01. The van der Waals surface area contributed by atoms with Gasteiger partial charge >= 0.3 is 0 Å². The molecular weight excluding hydrogens is 174 g/mol. The molecule has 1 fully saturated rings. The van der Waals surface area contributed by atoms with Crippen LogP contribution in [-0.2, 0) is 0 Å². The van der Waals surface area contributed by atoms with Crippen molar-refractivity contribution in [3.05, 3.63) is 29.8 Å². The SMILES string of the molecule is COc1ccccc1C1CC1(C)C#N. The molecule has 0 spiro atoms.